The number of methoxy groups -OCH3 is 1. The molecule has 0 bridgehead atoms. The van der Waals surface area contributed by atoms with Crippen LogP contribution in [-0.2, 0) is 6.54 Å². The molecule has 0 N–H and O–H groups in total. The van der Waals surface area contributed by atoms with E-state index >= 15 is 0 Å². The van der Waals surface area contributed by atoms with E-state index in [4.69, 9.17) is 4.74 Å². The van der Waals surface area contributed by atoms with E-state index in [2.05, 4.69) is 43.9 Å². The summed E-state index contributed by atoms with van der Waals surface area (Å²) in [4.78, 5) is 5.32. The molecular formula is C18H27BrN2O. The van der Waals surface area contributed by atoms with Crippen LogP contribution in [0.15, 0.2) is 22.7 Å². The molecule has 22 heavy (non-hydrogen) atoms. The Balaban J connectivity index is 1.64. The van der Waals surface area contributed by atoms with Gasteiger partial charge in [0, 0.05) is 29.2 Å². The first kappa shape index (κ1) is 16.3. The Morgan fingerprint density at radius 3 is 2.73 bits per heavy atom. The minimum atomic E-state index is 0.710. The third-order valence-corrected chi connectivity index (χ3v) is 5.53. The van der Waals surface area contributed by atoms with Crippen LogP contribution in [0, 0.1) is 0 Å². The third-order valence-electron chi connectivity index (χ3n) is 5.03. The minimum absolute atomic E-state index is 0.710. The van der Waals surface area contributed by atoms with Crippen molar-refractivity contribution < 1.29 is 4.74 Å². The van der Waals surface area contributed by atoms with Gasteiger partial charge in [0.05, 0.1) is 7.11 Å². The average molecular weight is 367 g/mol. The van der Waals surface area contributed by atoms with Gasteiger partial charge in [-0.3, -0.25) is 4.90 Å². The van der Waals surface area contributed by atoms with Crippen LogP contribution < -0.4 is 4.74 Å². The summed E-state index contributed by atoms with van der Waals surface area (Å²) in [6.45, 7) is 6.06. The molecule has 2 fully saturated rings. The monoisotopic (exact) mass is 366 g/mol. The van der Waals surface area contributed by atoms with Gasteiger partial charge in [0.1, 0.15) is 5.75 Å². The lowest BCUT2D eigenvalue weighted by Gasteiger charge is -2.33. The van der Waals surface area contributed by atoms with Crippen LogP contribution in [0.2, 0.25) is 0 Å². The van der Waals surface area contributed by atoms with E-state index in [0.29, 0.717) is 6.04 Å². The van der Waals surface area contributed by atoms with Gasteiger partial charge in [0.2, 0.25) is 0 Å². The predicted molar refractivity (Wildman–Crippen MR) is 94.4 cm³/mol. The number of likely N-dealkylation sites (tertiary alicyclic amines) is 2. The summed E-state index contributed by atoms with van der Waals surface area (Å²) in [6, 6.07) is 7.03. The van der Waals surface area contributed by atoms with Crippen molar-refractivity contribution in [3.8, 4) is 5.75 Å². The first-order valence-corrected chi connectivity index (χ1v) is 9.34. The molecule has 2 aliphatic rings. The zero-order chi connectivity index (χ0) is 15.4. The molecule has 2 heterocycles. The SMILES string of the molecule is COc1ccc(Br)cc1CN1CCCC1CN1CCCCC1. The molecule has 3 rings (SSSR count). The lowest BCUT2D eigenvalue weighted by atomic mass is 10.1. The smallest absolute Gasteiger partial charge is 0.123 e. The fraction of sp³-hybridized carbons (Fsp3) is 0.667. The third kappa shape index (κ3) is 4.03. The molecule has 1 unspecified atom stereocenters. The summed E-state index contributed by atoms with van der Waals surface area (Å²) < 4.78 is 6.67. The Morgan fingerprint density at radius 2 is 1.95 bits per heavy atom. The Hall–Kier alpha value is -0.580. The topological polar surface area (TPSA) is 15.7 Å². The van der Waals surface area contributed by atoms with Crippen molar-refractivity contribution in [2.45, 2.75) is 44.7 Å². The largest absolute Gasteiger partial charge is 0.496 e. The van der Waals surface area contributed by atoms with Gasteiger partial charge in [-0.15, -0.1) is 0 Å². The predicted octanol–water partition coefficient (Wildman–Crippen LogP) is 3.91. The van der Waals surface area contributed by atoms with Crippen LogP contribution in [0.4, 0.5) is 0 Å². The van der Waals surface area contributed by atoms with Gasteiger partial charge < -0.3 is 9.64 Å². The van der Waals surface area contributed by atoms with Crippen molar-refractivity contribution in [1.29, 1.82) is 0 Å². The highest BCUT2D eigenvalue weighted by Crippen LogP contribution is 2.28. The van der Waals surface area contributed by atoms with E-state index in [9.17, 15) is 0 Å². The molecule has 4 heteroatoms. The number of ether oxygens (including phenoxy) is 1. The van der Waals surface area contributed by atoms with Gasteiger partial charge in [0.15, 0.2) is 0 Å². The number of piperidine rings is 1. The van der Waals surface area contributed by atoms with Gasteiger partial charge in [-0.2, -0.15) is 0 Å². The standard InChI is InChI=1S/C18H27BrN2O/c1-22-18-8-7-16(19)12-15(18)13-21-11-5-6-17(21)14-20-9-3-2-4-10-20/h7-8,12,17H,2-6,9-11,13-14H2,1H3. The van der Waals surface area contributed by atoms with E-state index < -0.39 is 0 Å². The highest BCUT2D eigenvalue weighted by atomic mass is 79.9. The number of hydrogen-bond acceptors (Lipinski definition) is 3. The Kier molecular flexibility index (Phi) is 5.77. The fourth-order valence-electron chi connectivity index (χ4n) is 3.84. The highest BCUT2D eigenvalue weighted by Gasteiger charge is 2.27. The Morgan fingerprint density at radius 1 is 1.14 bits per heavy atom. The molecule has 0 radical (unpaired) electrons. The number of rotatable bonds is 5. The summed E-state index contributed by atoms with van der Waals surface area (Å²) in [7, 11) is 1.77. The summed E-state index contributed by atoms with van der Waals surface area (Å²) in [6.07, 6.45) is 6.85. The molecule has 0 spiro atoms. The Labute approximate surface area is 142 Å². The van der Waals surface area contributed by atoms with E-state index in [0.717, 1.165) is 16.8 Å². The molecular weight excluding hydrogens is 340 g/mol. The van der Waals surface area contributed by atoms with Crippen LogP contribution in [0.3, 0.4) is 0 Å². The van der Waals surface area contributed by atoms with Crippen LogP contribution in [0.5, 0.6) is 5.75 Å². The van der Waals surface area contributed by atoms with Crippen molar-refractivity contribution in [3.63, 3.8) is 0 Å². The maximum absolute atomic E-state index is 5.54. The molecule has 1 aromatic rings. The number of benzene rings is 1. The van der Waals surface area contributed by atoms with Gasteiger partial charge in [-0.1, -0.05) is 22.4 Å². The molecule has 1 atom stereocenters. The van der Waals surface area contributed by atoms with Gasteiger partial charge in [-0.25, -0.2) is 0 Å². The summed E-state index contributed by atoms with van der Waals surface area (Å²) in [5, 5.41) is 0. The van der Waals surface area contributed by atoms with Crippen molar-refractivity contribution in [3.05, 3.63) is 28.2 Å². The van der Waals surface area contributed by atoms with Crippen LogP contribution in [0.1, 0.15) is 37.7 Å². The van der Waals surface area contributed by atoms with Crippen molar-refractivity contribution in [2.75, 3.05) is 33.3 Å². The van der Waals surface area contributed by atoms with Crippen molar-refractivity contribution in [1.82, 2.24) is 9.80 Å². The van der Waals surface area contributed by atoms with Crippen LogP contribution in [-0.4, -0.2) is 49.1 Å². The second kappa shape index (κ2) is 7.80. The zero-order valence-electron chi connectivity index (χ0n) is 13.6. The van der Waals surface area contributed by atoms with Gasteiger partial charge in [0.25, 0.3) is 0 Å². The first-order chi connectivity index (χ1) is 10.8. The summed E-state index contributed by atoms with van der Waals surface area (Å²) in [5.74, 6) is 1.01. The van der Waals surface area contributed by atoms with E-state index in [1.807, 2.05) is 0 Å². The molecule has 2 saturated heterocycles. The molecule has 0 saturated carbocycles. The molecule has 0 amide bonds. The van der Waals surface area contributed by atoms with Crippen LogP contribution in [0.25, 0.3) is 0 Å². The lowest BCUT2D eigenvalue weighted by Crippen LogP contribution is -2.42. The maximum atomic E-state index is 5.54. The van der Waals surface area contributed by atoms with Crippen LogP contribution >= 0.6 is 15.9 Å². The normalized spacial score (nSPS) is 23.8. The highest BCUT2D eigenvalue weighted by molar-refractivity contribution is 9.10. The molecule has 122 valence electrons. The van der Waals surface area contributed by atoms with E-state index in [1.54, 1.807) is 7.11 Å². The van der Waals surface area contributed by atoms with Gasteiger partial charge in [-0.05, 0) is 63.5 Å². The second-order valence-electron chi connectivity index (χ2n) is 6.58. The molecule has 3 nitrogen and oxygen atoms in total. The molecule has 1 aromatic carbocycles. The van der Waals surface area contributed by atoms with Gasteiger partial charge >= 0.3 is 0 Å². The minimum Gasteiger partial charge on any atom is -0.496 e. The quantitative estimate of drug-likeness (QED) is 0.785. The fourth-order valence-corrected chi connectivity index (χ4v) is 4.25. The van der Waals surface area contributed by atoms with Crippen molar-refractivity contribution in [2.24, 2.45) is 0 Å². The van der Waals surface area contributed by atoms with E-state index in [1.165, 1.54) is 63.8 Å². The van der Waals surface area contributed by atoms with Crippen molar-refractivity contribution >= 4 is 15.9 Å². The lowest BCUT2D eigenvalue weighted by molar-refractivity contribution is 0.148. The molecule has 0 aromatic heterocycles. The second-order valence-corrected chi connectivity index (χ2v) is 7.50. The number of nitrogens with zero attached hydrogens (tertiary/aromatic N) is 2. The molecule has 2 aliphatic heterocycles. The summed E-state index contributed by atoms with van der Waals surface area (Å²) in [5.41, 5.74) is 1.29. The first-order valence-electron chi connectivity index (χ1n) is 8.55. The maximum Gasteiger partial charge on any atom is 0.123 e. The zero-order valence-corrected chi connectivity index (χ0v) is 15.1. The average Bonchev–Trinajstić information content (AvgIpc) is 2.96. The van der Waals surface area contributed by atoms with E-state index in [-0.39, 0.29) is 0 Å². The Bertz CT molecular complexity index is 488. The molecule has 0 aliphatic carbocycles. The number of hydrogen-bond donors (Lipinski definition) is 0. The summed E-state index contributed by atoms with van der Waals surface area (Å²) >= 11 is 3.59. The number of halogens is 1.